The van der Waals surface area contributed by atoms with Crippen LogP contribution in [0, 0.1) is 45.0 Å². The molecule has 8 nitrogen and oxygen atoms in total. The summed E-state index contributed by atoms with van der Waals surface area (Å²) in [6.07, 6.45) is -2.80. The van der Waals surface area contributed by atoms with Gasteiger partial charge in [-0.05, 0) is 96.0 Å². The van der Waals surface area contributed by atoms with Gasteiger partial charge in [0, 0.05) is 27.6 Å². The molecule has 5 aromatic carbocycles. The fraction of sp³-hybridized carbons (Fsp3) is 0.103. The molecule has 0 amide bonds. The monoisotopic (exact) mass is 738 g/mol. The van der Waals surface area contributed by atoms with Gasteiger partial charge in [-0.3, -0.25) is 0 Å². The maximum absolute atomic E-state index is 15.9. The minimum atomic E-state index is -2.80. The van der Waals surface area contributed by atoms with Crippen LogP contribution in [0.25, 0.3) is 44.4 Å². The smallest absolute Gasteiger partial charge is 0.341 e. The van der Waals surface area contributed by atoms with Crippen molar-refractivity contribution in [2.75, 3.05) is 7.11 Å². The summed E-state index contributed by atoms with van der Waals surface area (Å²) in [6.45, 7) is 1.04. The lowest BCUT2D eigenvalue weighted by atomic mass is 9.89. The van der Waals surface area contributed by atoms with Crippen molar-refractivity contribution >= 4 is 28.2 Å². The molecule has 1 heterocycles. The molecule has 0 aliphatic rings. The summed E-state index contributed by atoms with van der Waals surface area (Å²) < 4.78 is 94.1. The standard InChI is InChI=1S/C39H23F5N4O4S/c1-39(47-50,38(49)52-2)26-16-30(41)34(31(42)17-26)22-5-3-6-23(15-22)36-35(33-24(19-45)7-4-8-25(33)20-46)29-18-27(40)11-14-32(29)48(36)53(51)28-12-9-21(10-13-28)37(43)44/h3-18,37H,1-2H3. The Morgan fingerprint density at radius 3 is 2.02 bits per heavy atom. The fourth-order valence-corrected chi connectivity index (χ4v) is 7.40. The number of carbonyl (C=O) groups is 1. The highest BCUT2D eigenvalue weighted by Gasteiger charge is 2.40. The summed E-state index contributed by atoms with van der Waals surface area (Å²) in [5.41, 5.74) is -3.19. The van der Waals surface area contributed by atoms with E-state index in [2.05, 4.69) is 9.91 Å². The van der Waals surface area contributed by atoms with Crippen LogP contribution in [-0.4, -0.2) is 21.6 Å². The number of hydrogen-bond donors (Lipinski definition) is 0. The van der Waals surface area contributed by atoms with Crippen molar-refractivity contribution in [3.05, 3.63) is 142 Å². The minimum absolute atomic E-state index is 0.00181. The van der Waals surface area contributed by atoms with Crippen LogP contribution in [0.1, 0.15) is 35.6 Å². The summed E-state index contributed by atoms with van der Waals surface area (Å²) in [7, 11) is 0.986. The van der Waals surface area contributed by atoms with Crippen LogP contribution in [0.4, 0.5) is 22.0 Å². The summed E-state index contributed by atoms with van der Waals surface area (Å²) in [6, 6.07) is 23.8. The number of halogens is 5. The van der Waals surface area contributed by atoms with E-state index in [0.717, 1.165) is 50.4 Å². The molecule has 2 atom stereocenters. The molecule has 1 aromatic heterocycles. The first-order valence-corrected chi connectivity index (χ1v) is 16.6. The summed E-state index contributed by atoms with van der Waals surface area (Å²) >= 11 is -2.26. The van der Waals surface area contributed by atoms with Crippen molar-refractivity contribution in [3.63, 3.8) is 0 Å². The van der Waals surface area contributed by atoms with Gasteiger partial charge in [-0.1, -0.05) is 24.3 Å². The van der Waals surface area contributed by atoms with Crippen molar-refractivity contribution in [2.45, 2.75) is 23.8 Å². The van der Waals surface area contributed by atoms with Gasteiger partial charge in [0.15, 0.2) is 4.90 Å². The van der Waals surface area contributed by atoms with Crippen molar-refractivity contribution in [1.82, 2.24) is 3.97 Å². The molecule has 53 heavy (non-hydrogen) atoms. The van der Waals surface area contributed by atoms with Crippen molar-refractivity contribution in [3.8, 4) is 45.6 Å². The molecule has 0 spiro atoms. The van der Waals surface area contributed by atoms with Gasteiger partial charge in [0.05, 0.1) is 41.5 Å². The van der Waals surface area contributed by atoms with Crippen LogP contribution in [0.5, 0.6) is 0 Å². The number of esters is 1. The number of fused-ring (bicyclic) bond motifs is 1. The van der Waals surface area contributed by atoms with E-state index in [1.54, 1.807) is 0 Å². The molecule has 14 heteroatoms. The lowest BCUT2D eigenvalue weighted by Gasteiger charge is -2.20. The SMILES string of the molecule is COC(=O)C(C)(N=O)c1cc(F)c(-c2cccc(-c3c(-c4c(C#N)cccc4C#N)c4cc(F)ccc4n3[S+]([O-])c3ccc(C(F)F)cc3)c2)c(F)c1. The number of aromatic nitrogens is 1. The number of ether oxygens (including phenoxy) is 1. The Morgan fingerprint density at radius 2 is 1.45 bits per heavy atom. The van der Waals surface area contributed by atoms with Crippen molar-refractivity contribution in [2.24, 2.45) is 5.18 Å². The third-order valence-corrected chi connectivity index (χ3v) is 10.1. The van der Waals surface area contributed by atoms with E-state index < -0.39 is 57.9 Å². The normalized spacial score (nSPS) is 12.9. The Morgan fingerprint density at radius 1 is 0.849 bits per heavy atom. The van der Waals surface area contributed by atoms with Crippen molar-refractivity contribution < 1.29 is 36.0 Å². The molecule has 0 N–H and O–H groups in total. The second kappa shape index (κ2) is 14.3. The molecule has 2 unspecified atom stereocenters. The highest BCUT2D eigenvalue weighted by atomic mass is 32.2. The molecule has 264 valence electrons. The van der Waals surface area contributed by atoms with Crippen LogP contribution < -0.4 is 0 Å². The maximum atomic E-state index is 15.9. The first kappa shape index (κ1) is 36.4. The highest BCUT2D eigenvalue weighted by molar-refractivity contribution is 7.90. The highest BCUT2D eigenvalue weighted by Crippen LogP contribution is 2.46. The number of rotatable bonds is 9. The number of nitroso groups, excluding NO2 is 1. The third kappa shape index (κ3) is 6.28. The number of nitriles is 2. The number of hydrogen-bond acceptors (Lipinski definition) is 7. The lowest BCUT2D eigenvalue weighted by molar-refractivity contribution is -0.146. The van der Waals surface area contributed by atoms with Gasteiger partial charge in [0.25, 0.3) is 6.43 Å². The van der Waals surface area contributed by atoms with E-state index in [1.807, 2.05) is 12.1 Å². The van der Waals surface area contributed by atoms with Gasteiger partial charge in [0.1, 0.15) is 34.5 Å². The number of carbonyl (C=O) groups excluding carboxylic acids is 1. The maximum Gasteiger partial charge on any atom is 0.341 e. The quantitative estimate of drug-likeness (QED) is 0.0629. The summed E-state index contributed by atoms with van der Waals surface area (Å²) in [4.78, 5) is 24.0. The van der Waals surface area contributed by atoms with Crippen LogP contribution in [0.2, 0.25) is 0 Å². The van der Waals surface area contributed by atoms with Gasteiger partial charge in [-0.2, -0.15) is 14.5 Å². The second-order valence-corrected chi connectivity index (χ2v) is 13.1. The zero-order chi connectivity index (χ0) is 38.2. The largest absolute Gasteiger partial charge is 0.587 e. The van der Waals surface area contributed by atoms with Crippen molar-refractivity contribution in [1.29, 1.82) is 10.5 Å². The van der Waals surface area contributed by atoms with Crippen LogP contribution in [-0.2, 0) is 26.4 Å². The predicted octanol–water partition coefficient (Wildman–Crippen LogP) is 9.47. The molecule has 6 aromatic rings. The lowest BCUT2D eigenvalue weighted by Crippen LogP contribution is -2.31. The van der Waals surface area contributed by atoms with E-state index in [0.29, 0.717) is 0 Å². The Hall–Kier alpha value is -6.35. The number of nitrogens with zero attached hydrogens (tertiary/aromatic N) is 4. The number of benzene rings is 5. The first-order chi connectivity index (χ1) is 25.4. The van der Waals surface area contributed by atoms with Crippen LogP contribution >= 0.6 is 0 Å². The molecule has 0 fully saturated rings. The van der Waals surface area contributed by atoms with Gasteiger partial charge in [0.2, 0.25) is 5.54 Å². The van der Waals surface area contributed by atoms with E-state index in [1.165, 1.54) is 64.6 Å². The predicted molar refractivity (Wildman–Crippen MR) is 186 cm³/mol. The topological polar surface area (TPSA) is 131 Å². The second-order valence-electron chi connectivity index (χ2n) is 11.8. The fourth-order valence-electron chi connectivity index (χ4n) is 6.12. The summed E-state index contributed by atoms with van der Waals surface area (Å²) in [5, 5.41) is 23.2. The minimum Gasteiger partial charge on any atom is -0.587 e. The molecule has 0 aliphatic carbocycles. The van der Waals surface area contributed by atoms with E-state index in [9.17, 15) is 33.6 Å². The molecule has 0 radical (unpaired) electrons. The molecule has 0 aliphatic heterocycles. The Bertz CT molecular complexity index is 2470. The molecule has 6 rings (SSSR count). The van der Waals surface area contributed by atoms with Gasteiger partial charge in [-0.25, -0.2) is 26.7 Å². The Kier molecular flexibility index (Phi) is 9.86. The third-order valence-electron chi connectivity index (χ3n) is 8.74. The number of alkyl halides is 2. The number of methoxy groups -OCH3 is 1. The van der Waals surface area contributed by atoms with Gasteiger partial charge in [-0.15, -0.1) is 4.91 Å². The molecule has 0 saturated heterocycles. The molecule has 0 saturated carbocycles. The van der Waals surface area contributed by atoms with Gasteiger partial charge >= 0.3 is 5.97 Å². The van der Waals surface area contributed by atoms with E-state index in [4.69, 9.17) is 0 Å². The molecule has 0 bridgehead atoms. The average Bonchev–Trinajstić information content (AvgIpc) is 3.49. The average molecular weight is 739 g/mol. The summed E-state index contributed by atoms with van der Waals surface area (Å²) in [5.74, 6) is -4.22. The van der Waals surface area contributed by atoms with Crippen LogP contribution in [0.15, 0.2) is 107 Å². The zero-order valence-corrected chi connectivity index (χ0v) is 28.4. The first-order valence-electron chi connectivity index (χ1n) is 15.5. The van der Waals surface area contributed by atoms with Gasteiger partial charge < -0.3 is 9.29 Å². The Labute approximate surface area is 301 Å². The zero-order valence-electron chi connectivity index (χ0n) is 27.5. The van der Waals surface area contributed by atoms with Crippen LogP contribution in [0.3, 0.4) is 0 Å². The molecular weight excluding hydrogens is 716 g/mol. The van der Waals surface area contributed by atoms with E-state index >= 15 is 13.2 Å². The Balaban J connectivity index is 1.68. The van der Waals surface area contributed by atoms with E-state index in [-0.39, 0.29) is 60.4 Å². The molecular formula is C39H23F5N4O4S.